The fraction of sp³-hybridized carbons (Fsp3) is 0.667. The van der Waals surface area contributed by atoms with Gasteiger partial charge in [0.15, 0.2) is 5.13 Å². The summed E-state index contributed by atoms with van der Waals surface area (Å²) in [6.07, 6.45) is 3.32. The van der Waals surface area contributed by atoms with Crippen molar-refractivity contribution >= 4 is 28.1 Å². The van der Waals surface area contributed by atoms with Crippen molar-refractivity contribution in [3.63, 3.8) is 0 Å². The minimum Gasteiger partial charge on any atom is -0.375 e. The van der Waals surface area contributed by atoms with Gasteiger partial charge in [-0.2, -0.15) is 0 Å². The first-order valence-electron chi connectivity index (χ1n) is 4.59. The summed E-state index contributed by atoms with van der Waals surface area (Å²) in [5.74, 6) is 0.691. The molecule has 0 fully saturated rings. The Morgan fingerprint density at radius 2 is 2.46 bits per heavy atom. The van der Waals surface area contributed by atoms with Gasteiger partial charge in [0.05, 0.1) is 11.1 Å². The third-order valence-electron chi connectivity index (χ3n) is 2.63. The second kappa shape index (κ2) is 3.46. The molecule has 2 rings (SSSR count). The summed E-state index contributed by atoms with van der Waals surface area (Å²) < 4.78 is 0. The van der Waals surface area contributed by atoms with E-state index in [0.29, 0.717) is 11.0 Å². The Labute approximate surface area is 87.1 Å². The van der Waals surface area contributed by atoms with Gasteiger partial charge in [0.1, 0.15) is 0 Å². The van der Waals surface area contributed by atoms with Crippen molar-refractivity contribution < 1.29 is 0 Å². The van der Waals surface area contributed by atoms with Crippen LogP contribution in [0.4, 0.5) is 5.13 Å². The van der Waals surface area contributed by atoms with Crippen molar-refractivity contribution in [2.45, 2.75) is 31.6 Å². The fourth-order valence-electron chi connectivity index (χ4n) is 1.84. The van der Waals surface area contributed by atoms with Crippen molar-refractivity contribution in [1.29, 1.82) is 0 Å². The van der Waals surface area contributed by atoms with Crippen molar-refractivity contribution in [2.75, 3.05) is 5.73 Å². The van der Waals surface area contributed by atoms with E-state index in [1.54, 1.807) is 11.3 Å². The van der Waals surface area contributed by atoms with E-state index < -0.39 is 0 Å². The summed E-state index contributed by atoms with van der Waals surface area (Å²) in [5.41, 5.74) is 6.80. The summed E-state index contributed by atoms with van der Waals surface area (Å²) in [5, 5.41) is 0.802. The number of halogens is 1. The van der Waals surface area contributed by atoms with E-state index >= 15 is 0 Å². The van der Waals surface area contributed by atoms with E-state index in [-0.39, 0.29) is 5.38 Å². The normalized spacial score (nSPS) is 27.2. The summed E-state index contributed by atoms with van der Waals surface area (Å²) in [7, 11) is 0. The summed E-state index contributed by atoms with van der Waals surface area (Å²) in [4.78, 5) is 5.51. The van der Waals surface area contributed by atoms with Crippen LogP contribution in [0.1, 0.15) is 35.7 Å². The molecule has 1 aromatic heterocycles. The van der Waals surface area contributed by atoms with Crippen LogP contribution in [0.25, 0.3) is 0 Å². The van der Waals surface area contributed by atoms with Gasteiger partial charge in [-0.25, -0.2) is 4.98 Å². The van der Waals surface area contributed by atoms with Crippen LogP contribution in [0.3, 0.4) is 0 Å². The van der Waals surface area contributed by atoms with Crippen LogP contribution >= 0.6 is 22.9 Å². The first kappa shape index (κ1) is 9.28. The molecule has 0 saturated carbocycles. The Hall–Kier alpha value is -0.280. The highest BCUT2D eigenvalue weighted by Gasteiger charge is 2.27. The van der Waals surface area contributed by atoms with Crippen LogP contribution < -0.4 is 5.73 Å². The number of nitrogens with zero attached hydrogens (tertiary/aromatic N) is 1. The van der Waals surface area contributed by atoms with E-state index in [2.05, 4.69) is 11.9 Å². The number of hydrogen-bond acceptors (Lipinski definition) is 3. The predicted octanol–water partition coefficient (Wildman–Crippen LogP) is 2.98. The van der Waals surface area contributed by atoms with Crippen LogP contribution in [-0.4, -0.2) is 4.98 Å². The Morgan fingerprint density at radius 1 is 1.69 bits per heavy atom. The molecule has 2 nitrogen and oxygen atoms in total. The summed E-state index contributed by atoms with van der Waals surface area (Å²) >= 11 is 7.79. The van der Waals surface area contributed by atoms with Gasteiger partial charge in [0.2, 0.25) is 0 Å². The molecule has 2 atom stereocenters. The molecule has 2 N–H and O–H groups in total. The van der Waals surface area contributed by atoms with E-state index in [1.165, 1.54) is 11.3 Å². The molecular weight excluding hydrogens is 204 g/mol. The second-order valence-electron chi connectivity index (χ2n) is 3.54. The Morgan fingerprint density at radius 3 is 3.15 bits per heavy atom. The first-order chi connectivity index (χ1) is 6.20. The lowest BCUT2D eigenvalue weighted by atomic mass is 9.89. The van der Waals surface area contributed by atoms with E-state index in [1.807, 2.05) is 0 Å². The number of fused-ring (bicyclic) bond motifs is 1. The van der Waals surface area contributed by atoms with Gasteiger partial charge in [-0.15, -0.1) is 22.9 Å². The highest BCUT2D eigenvalue weighted by atomic mass is 35.5. The first-order valence-corrected chi connectivity index (χ1v) is 5.85. The number of rotatable bonds is 1. The third-order valence-corrected chi connectivity index (χ3v) is 4.19. The predicted molar refractivity (Wildman–Crippen MR) is 57.2 cm³/mol. The van der Waals surface area contributed by atoms with Gasteiger partial charge in [-0.1, -0.05) is 13.3 Å². The van der Waals surface area contributed by atoms with Crippen molar-refractivity contribution in [2.24, 2.45) is 5.92 Å². The standard InChI is InChI=1S/C9H13ClN2S/c1-2-5-3-6(10)8-7(4-5)12-9(11)13-8/h5-6H,2-4H2,1H3,(H2,11,12). The lowest BCUT2D eigenvalue weighted by Crippen LogP contribution is -2.14. The van der Waals surface area contributed by atoms with Crippen LogP contribution in [0.15, 0.2) is 0 Å². The van der Waals surface area contributed by atoms with Gasteiger partial charge in [-0.3, -0.25) is 0 Å². The van der Waals surface area contributed by atoms with Crippen LogP contribution in [0.2, 0.25) is 0 Å². The molecule has 0 aromatic carbocycles. The minimum absolute atomic E-state index is 0.142. The number of thiazole rings is 1. The second-order valence-corrected chi connectivity index (χ2v) is 5.13. The van der Waals surface area contributed by atoms with Crippen LogP contribution in [0, 0.1) is 5.92 Å². The number of hydrogen-bond donors (Lipinski definition) is 1. The molecule has 13 heavy (non-hydrogen) atoms. The average Bonchev–Trinajstić information content (AvgIpc) is 2.46. The van der Waals surface area contributed by atoms with Gasteiger partial charge in [0, 0.05) is 4.88 Å². The maximum Gasteiger partial charge on any atom is 0.180 e. The van der Waals surface area contributed by atoms with E-state index in [9.17, 15) is 0 Å². The highest BCUT2D eigenvalue weighted by Crippen LogP contribution is 2.42. The monoisotopic (exact) mass is 216 g/mol. The fourth-order valence-corrected chi connectivity index (χ4v) is 3.20. The number of alkyl halides is 1. The molecule has 4 heteroatoms. The molecule has 0 spiro atoms. The molecule has 0 bridgehead atoms. The van der Waals surface area contributed by atoms with Crippen molar-refractivity contribution in [3.05, 3.63) is 10.6 Å². The summed E-state index contributed by atoms with van der Waals surface area (Å²) in [6.45, 7) is 2.20. The van der Waals surface area contributed by atoms with Crippen molar-refractivity contribution in [3.8, 4) is 0 Å². The molecule has 72 valence electrons. The number of nitrogen functional groups attached to an aromatic ring is 1. The Kier molecular flexibility index (Phi) is 2.47. The molecule has 0 saturated heterocycles. The van der Waals surface area contributed by atoms with E-state index in [4.69, 9.17) is 17.3 Å². The maximum absolute atomic E-state index is 6.25. The molecule has 1 heterocycles. The third kappa shape index (κ3) is 1.67. The Balaban J connectivity index is 2.30. The molecular formula is C9H13ClN2S. The molecule has 2 unspecified atom stereocenters. The number of nitrogens with two attached hydrogens (primary N) is 1. The quantitative estimate of drug-likeness (QED) is 0.734. The number of anilines is 1. The zero-order valence-electron chi connectivity index (χ0n) is 7.59. The van der Waals surface area contributed by atoms with Crippen molar-refractivity contribution in [1.82, 2.24) is 4.98 Å². The summed E-state index contributed by atoms with van der Waals surface area (Å²) in [6, 6.07) is 0. The minimum atomic E-state index is 0.142. The average molecular weight is 217 g/mol. The SMILES string of the molecule is CCC1Cc2nc(N)sc2C(Cl)C1. The lowest BCUT2D eigenvalue weighted by Gasteiger charge is -2.23. The van der Waals surface area contributed by atoms with Gasteiger partial charge in [-0.05, 0) is 18.8 Å². The molecule has 1 aliphatic carbocycles. The van der Waals surface area contributed by atoms with E-state index in [0.717, 1.165) is 18.5 Å². The molecule has 1 aromatic rings. The zero-order chi connectivity index (χ0) is 9.42. The van der Waals surface area contributed by atoms with Gasteiger partial charge >= 0.3 is 0 Å². The Bertz CT molecular complexity index is 311. The van der Waals surface area contributed by atoms with Crippen LogP contribution in [-0.2, 0) is 6.42 Å². The highest BCUT2D eigenvalue weighted by molar-refractivity contribution is 7.15. The molecule has 1 aliphatic rings. The molecule has 0 amide bonds. The maximum atomic E-state index is 6.25. The lowest BCUT2D eigenvalue weighted by molar-refractivity contribution is 0.436. The van der Waals surface area contributed by atoms with Gasteiger partial charge in [0.25, 0.3) is 0 Å². The largest absolute Gasteiger partial charge is 0.375 e. The molecule has 0 aliphatic heterocycles. The zero-order valence-corrected chi connectivity index (χ0v) is 9.16. The smallest absolute Gasteiger partial charge is 0.180 e. The number of aromatic nitrogens is 1. The van der Waals surface area contributed by atoms with Crippen LogP contribution in [0.5, 0.6) is 0 Å². The topological polar surface area (TPSA) is 38.9 Å². The molecule has 0 radical (unpaired) electrons. The van der Waals surface area contributed by atoms with Gasteiger partial charge < -0.3 is 5.73 Å².